The highest BCUT2D eigenvalue weighted by Crippen LogP contribution is 2.28. The molecule has 3 heterocycles. The van der Waals surface area contributed by atoms with Crippen LogP contribution in [0.1, 0.15) is 57.4 Å². The average molecular weight is 471 g/mol. The Hall–Kier alpha value is -2.48. The molecule has 6 nitrogen and oxygen atoms in total. The first-order valence-corrected chi connectivity index (χ1v) is 12.7. The molecule has 0 spiro atoms. The number of piperidine rings is 2. The maximum absolute atomic E-state index is 13.0. The van der Waals surface area contributed by atoms with E-state index in [1.807, 2.05) is 12.1 Å². The number of nitrogens with one attached hydrogen (secondary N) is 2. The Morgan fingerprint density at radius 1 is 1.03 bits per heavy atom. The van der Waals surface area contributed by atoms with Crippen molar-refractivity contribution in [2.75, 3.05) is 41.3 Å². The third-order valence-corrected chi connectivity index (χ3v) is 6.79. The third-order valence-electron chi connectivity index (χ3n) is 6.54. The molecule has 0 amide bonds. The van der Waals surface area contributed by atoms with Crippen molar-refractivity contribution in [3.05, 3.63) is 41.7 Å². The predicted molar refractivity (Wildman–Crippen MR) is 138 cm³/mol. The van der Waals surface area contributed by atoms with Crippen molar-refractivity contribution in [1.82, 2.24) is 15.3 Å². The van der Waals surface area contributed by atoms with E-state index >= 15 is 0 Å². The summed E-state index contributed by atoms with van der Waals surface area (Å²) >= 11 is 5.53. The largest absolute Gasteiger partial charge is 0.362 e. The van der Waals surface area contributed by atoms with Gasteiger partial charge in [0.25, 0.3) is 0 Å². The summed E-state index contributed by atoms with van der Waals surface area (Å²) in [5, 5.41) is 7.01. The van der Waals surface area contributed by atoms with Crippen LogP contribution in [0.3, 0.4) is 0 Å². The number of nitrogens with zero attached hydrogens (tertiary/aromatic N) is 4. The van der Waals surface area contributed by atoms with Crippen LogP contribution in [0.4, 0.5) is 22.0 Å². The van der Waals surface area contributed by atoms with Crippen LogP contribution in [-0.4, -0.2) is 47.3 Å². The van der Waals surface area contributed by atoms with Crippen molar-refractivity contribution in [2.24, 2.45) is 0 Å². The van der Waals surface area contributed by atoms with E-state index in [9.17, 15) is 4.39 Å². The molecule has 0 aliphatic carbocycles. The maximum atomic E-state index is 13.0. The lowest BCUT2D eigenvalue weighted by Crippen LogP contribution is -2.39. The summed E-state index contributed by atoms with van der Waals surface area (Å²) in [6.07, 6.45) is 9.14. The van der Waals surface area contributed by atoms with Crippen LogP contribution >= 0.6 is 12.2 Å². The van der Waals surface area contributed by atoms with Crippen molar-refractivity contribution in [3.8, 4) is 0 Å². The molecule has 0 saturated carbocycles. The number of hydrogen-bond donors (Lipinski definition) is 2. The monoisotopic (exact) mass is 470 g/mol. The second-order valence-electron chi connectivity index (χ2n) is 9.10. The van der Waals surface area contributed by atoms with E-state index < -0.39 is 0 Å². The fourth-order valence-electron chi connectivity index (χ4n) is 4.64. The van der Waals surface area contributed by atoms with Crippen molar-refractivity contribution in [1.29, 1.82) is 0 Å². The van der Waals surface area contributed by atoms with Crippen LogP contribution in [0.25, 0.3) is 0 Å². The zero-order valence-electron chi connectivity index (χ0n) is 19.5. The number of anilines is 3. The second kappa shape index (κ2) is 11.6. The van der Waals surface area contributed by atoms with Gasteiger partial charge in [-0.3, -0.25) is 0 Å². The van der Waals surface area contributed by atoms with Crippen LogP contribution in [0.15, 0.2) is 30.3 Å². The molecule has 2 saturated heterocycles. The van der Waals surface area contributed by atoms with Gasteiger partial charge < -0.3 is 20.4 Å². The Labute approximate surface area is 202 Å². The highest BCUT2D eigenvalue weighted by Gasteiger charge is 2.23. The molecule has 0 radical (unpaired) electrons. The van der Waals surface area contributed by atoms with Crippen LogP contribution in [-0.2, 0) is 6.42 Å². The average Bonchev–Trinajstić information content (AvgIpc) is 2.83. The van der Waals surface area contributed by atoms with Crippen molar-refractivity contribution in [3.63, 3.8) is 0 Å². The lowest BCUT2D eigenvalue weighted by atomic mass is 10.0. The minimum Gasteiger partial charge on any atom is -0.362 e. The van der Waals surface area contributed by atoms with Gasteiger partial charge in [-0.05, 0) is 88.2 Å². The fourth-order valence-corrected chi connectivity index (χ4v) is 4.83. The van der Waals surface area contributed by atoms with Gasteiger partial charge in [-0.25, -0.2) is 4.39 Å². The minimum atomic E-state index is -0.202. The number of halogens is 1. The first-order valence-electron chi connectivity index (χ1n) is 12.3. The molecule has 1 aromatic carbocycles. The van der Waals surface area contributed by atoms with E-state index in [0.29, 0.717) is 17.1 Å². The van der Waals surface area contributed by atoms with E-state index in [-0.39, 0.29) is 5.82 Å². The van der Waals surface area contributed by atoms with Gasteiger partial charge in [-0.15, -0.1) is 0 Å². The number of aromatic nitrogens is 2. The fraction of sp³-hybridized carbons (Fsp3) is 0.560. The summed E-state index contributed by atoms with van der Waals surface area (Å²) in [7, 11) is 0. The van der Waals surface area contributed by atoms with Gasteiger partial charge in [0.1, 0.15) is 17.5 Å². The summed E-state index contributed by atoms with van der Waals surface area (Å²) in [5.74, 6) is 2.33. The van der Waals surface area contributed by atoms with Gasteiger partial charge in [-0.1, -0.05) is 12.1 Å². The molecule has 2 fully saturated rings. The van der Waals surface area contributed by atoms with Crippen molar-refractivity contribution < 1.29 is 4.39 Å². The molecule has 2 aliphatic rings. The Morgan fingerprint density at radius 2 is 1.76 bits per heavy atom. The minimum absolute atomic E-state index is 0.202. The van der Waals surface area contributed by atoms with Crippen LogP contribution in [0, 0.1) is 5.82 Å². The molecule has 1 atom stereocenters. The quantitative estimate of drug-likeness (QED) is 0.441. The van der Waals surface area contributed by atoms with E-state index in [1.54, 1.807) is 0 Å². The summed E-state index contributed by atoms with van der Waals surface area (Å²) in [4.78, 5) is 14.4. The standard InChI is InChI=1S/C25H35FN6S/c1-19-8-3-6-17-32(19)23-18-22(31-15-4-2-5-16-31)28-24(29-23)30-25(33)27-14-7-9-20-10-12-21(26)13-11-20/h10-13,18-19H,2-9,14-17H2,1H3,(H2,27,28,29,30,33). The Balaban J connectivity index is 1.38. The van der Waals surface area contributed by atoms with Gasteiger partial charge in [0, 0.05) is 38.3 Å². The summed E-state index contributed by atoms with van der Waals surface area (Å²) in [6.45, 7) is 6.12. The molecule has 178 valence electrons. The lowest BCUT2D eigenvalue weighted by Gasteiger charge is -2.35. The number of rotatable bonds is 7. The van der Waals surface area contributed by atoms with Crippen molar-refractivity contribution >= 4 is 34.9 Å². The Kier molecular flexibility index (Phi) is 8.31. The summed E-state index contributed by atoms with van der Waals surface area (Å²) < 4.78 is 13.0. The highest BCUT2D eigenvalue weighted by molar-refractivity contribution is 7.80. The molecule has 2 aliphatic heterocycles. The van der Waals surface area contributed by atoms with Gasteiger partial charge >= 0.3 is 0 Å². The second-order valence-corrected chi connectivity index (χ2v) is 9.51. The van der Waals surface area contributed by atoms with Crippen LogP contribution in [0.2, 0.25) is 0 Å². The Morgan fingerprint density at radius 3 is 2.52 bits per heavy atom. The molecule has 2 aromatic rings. The van der Waals surface area contributed by atoms with Crippen molar-refractivity contribution in [2.45, 2.75) is 64.3 Å². The maximum Gasteiger partial charge on any atom is 0.232 e. The smallest absolute Gasteiger partial charge is 0.232 e. The van der Waals surface area contributed by atoms with E-state index in [0.717, 1.165) is 56.2 Å². The highest BCUT2D eigenvalue weighted by atomic mass is 32.1. The molecule has 1 unspecified atom stereocenters. The van der Waals surface area contributed by atoms with Gasteiger partial charge in [-0.2, -0.15) is 9.97 Å². The molecule has 33 heavy (non-hydrogen) atoms. The van der Waals surface area contributed by atoms with Crippen LogP contribution in [0.5, 0.6) is 0 Å². The zero-order chi connectivity index (χ0) is 23.0. The molecule has 4 rings (SSSR count). The van der Waals surface area contributed by atoms with Gasteiger partial charge in [0.05, 0.1) is 0 Å². The molecule has 8 heteroatoms. The zero-order valence-corrected chi connectivity index (χ0v) is 20.3. The number of thiocarbonyl (C=S) groups is 1. The molecule has 1 aromatic heterocycles. The first-order chi connectivity index (χ1) is 16.1. The van der Waals surface area contributed by atoms with E-state index in [4.69, 9.17) is 22.2 Å². The Bertz CT molecular complexity index is 916. The predicted octanol–water partition coefficient (Wildman–Crippen LogP) is 4.90. The van der Waals surface area contributed by atoms with Gasteiger partial charge in [0.15, 0.2) is 5.11 Å². The van der Waals surface area contributed by atoms with Gasteiger partial charge in [0.2, 0.25) is 5.95 Å². The molecule has 0 bridgehead atoms. The topological polar surface area (TPSA) is 56.3 Å². The normalized spacial score (nSPS) is 18.8. The third kappa shape index (κ3) is 6.76. The van der Waals surface area contributed by atoms with E-state index in [2.05, 4.69) is 33.4 Å². The lowest BCUT2D eigenvalue weighted by molar-refractivity contribution is 0.481. The summed E-state index contributed by atoms with van der Waals surface area (Å²) in [6, 6.07) is 9.29. The van der Waals surface area contributed by atoms with Crippen LogP contribution < -0.4 is 20.4 Å². The number of hydrogen-bond acceptors (Lipinski definition) is 5. The summed E-state index contributed by atoms with van der Waals surface area (Å²) in [5.41, 5.74) is 1.12. The first kappa shape index (κ1) is 23.7. The number of aryl methyl sites for hydroxylation is 1. The molecular weight excluding hydrogens is 435 g/mol. The molecular formula is C25H35FN6S. The number of benzene rings is 1. The van der Waals surface area contributed by atoms with E-state index in [1.165, 1.54) is 50.7 Å². The SMILES string of the molecule is CC1CCCCN1c1cc(N2CCCCC2)nc(NC(=S)NCCCc2ccc(F)cc2)n1. The molecule has 2 N–H and O–H groups in total.